The second-order valence-corrected chi connectivity index (χ2v) is 5.03. The molecule has 1 aromatic rings. The number of halogens is 1. The number of hydrogen-bond donors (Lipinski definition) is 1. The van der Waals surface area contributed by atoms with E-state index in [2.05, 4.69) is 11.4 Å². The second-order valence-electron chi connectivity index (χ2n) is 4.60. The molecule has 2 unspecified atom stereocenters. The van der Waals surface area contributed by atoms with Gasteiger partial charge in [-0.15, -0.1) is 0 Å². The molecule has 1 amide bonds. The van der Waals surface area contributed by atoms with Crippen LogP contribution in [0.25, 0.3) is 0 Å². The monoisotopic (exact) mass is 293 g/mol. The Hall–Kier alpha value is -1.77. The zero-order valence-electron chi connectivity index (χ0n) is 11.2. The van der Waals surface area contributed by atoms with Gasteiger partial charge >= 0.3 is 0 Å². The number of hydrogen-bond acceptors (Lipinski definition) is 4. The third kappa shape index (κ3) is 3.41. The van der Waals surface area contributed by atoms with Crippen LogP contribution in [0.3, 0.4) is 0 Å². The first-order valence-electron chi connectivity index (χ1n) is 6.45. The number of carbonyl (C=O) groups is 1. The first-order valence-corrected chi connectivity index (χ1v) is 6.82. The van der Waals surface area contributed by atoms with Crippen molar-refractivity contribution >= 4 is 17.5 Å². The predicted octanol–water partition coefficient (Wildman–Crippen LogP) is 1.43. The third-order valence-corrected chi connectivity index (χ3v) is 3.37. The highest BCUT2D eigenvalue weighted by molar-refractivity contribution is 6.30. The molecule has 0 radical (unpaired) electrons. The van der Waals surface area contributed by atoms with Gasteiger partial charge in [0.2, 0.25) is 0 Å². The molecule has 5 nitrogen and oxygen atoms in total. The number of nitrogens with zero attached hydrogens (tertiary/aromatic N) is 2. The molecular formula is C14H16ClN3O2. The molecule has 0 spiro atoms. The maximum Gasteiger partial charge on any atom is 0.264 e. The van der Waals surface area contributed by atoms with Crippen molar-refractivity contribution < 1.29 is 9.53 Å². The lowest BCUT2D eigenvalue weighted by atomic mass is 10.2. The molecule has 1 aliphatic heterocycles. The van der Waals surface area contributed by atoms with Crippen LogP contribution in [0.1, 0.15) is 6.92 Å². The fourth-order valence-corrected chi connectivity index (χ4v) is 2.29. The molecule has 2 rings (SSSR count). The van der Waals surface area contributed by atoms with Gasteiger partial charge in [0.15, 0.2) is 6.10 Å². The highest BCUT2D eigenvalue weighted by atomic mass is 35.5. The average Bonchev–Trinajstić information content (AvgIpc) is 2.46. The summed E-state index contributed by atoms with van der Waals surface area (Å²) < 4.78 is 5.60. The van der Waals surface area contributed by atoms with E-state index in [-0.39, 0.29) is 5.91 Å². The van der Waals surface area contributed by atoms with Crippen LogP contribution < -0.4 is 10.1 Å². The summed E-state index contributed by atoms with van der Waals surface area (Å²) in [6, 6.07) is 8.59. The van der Waals surface area contributed by atoms with E-state index in [0.29, 0.717) is 30.4 Å². The number of carbonyl (C=O) groups excluding carboxylic acids is 1. The molecule has 1 heterocycles. The van der Waals surface area contributed by atoms with E-state index >= 15 is 0 Å². The lowest BCUT2D eigenvalue weighted by molar-refractivity contribution is -0.140. The maximum absolute atomic E-state index is 12.3. The maximum atomic E-state index is 12.3. The molecule has 1 fully saturated rings. The van der Waals surface area contributed by atoms with Crippen LogP contribution in [0.5, 0.6) is 5.75 Å². The van der Waals surface area contributed by atoms with Crippen molar-refractivity contribution in [2.45, 2.75) is 19.1 Å². The molecule has 106 valence electrons. The van der Waals surface area contributed by atoms with Crippen molar-refractivity contribution in [3.63, 3.8) is 0 Å². The fourth-order valence-electron chi connectivity index (χ4n) is 2.11. The Bertz CT molecular complexity index is 529. The molecule has 2 atom stereocenters. The first-order chi connectivity index (χ1) is 9.61. The van der Waals surface area contributed by atoms with Crippen LogP contribution in [0, 0.1) is 11.3 Å². The molecular weight excluding hydrogens is 278 g/mol. The Labute approximate surface area is 123 Å². The van der Waals surface area contributed by atoms with Crippen molar-refractivity contribution in [3.05, 3.63) is 29.3 Å². The summed E-state index contributed by atoms with van der Waals surface area (Å²) in [5, 5.41) is 12.7. The SMILES string of the molecule is CC(Oc1cccc(Cl)c1)C(=O)N1CCNCC1C#N. The number of benzene rings is 1. The molecule has 1 saturated heterocycles. The minimum Gasteiger partial charge on any atom is -0.481 e. The van der Waals surface area contributed by atoms with Gasteiger partial charge in [0, 0.05) is 24.7 Å². The molecule has 1 N–H and O–H groups in total. The average molecular weight is 294 g/mol. The van der Waals surface area contributed by atoms with E-state index in [1.807, 2.05) is 0 Å². The number of nitrogens with one attached hydrogen (secondary N) is 1. The Morgan fingerprint density at radius 1 is 1.65 bits per heavy atom. The largest absolute Gasteiger partial charge is 0.481 e. The minimum absolute atomic E-state index is 0.182. The fraction of sp³-hybridized carbons (Fsp3) is 0.429. The number of rotatable bonds is 3. The number of amides is 1. The molecule has 6 heteroatoms. The van der Waals surface area contributed by atoms with Crippen LogP contribution in [-0.4, -0.2) is 42.6 Å². The van der Waals surface area contributed by atoms with Crippen molar-refractivity contribution in [3.8, 4) is 11.8 Å². The molecule has 0 aliphatic carbocycles. The predicted molar refractivity (Wildman–Crippen MR) is 75.5 cm³/mol. The number of piperazine rings is 1. The first kappa shape index (κ1) is 14.6. The van der Waals surface area contributed by atoms with Crippen molar-refractivity contribution in [1.82, 2.24) is 10.2 Å². The molecule has 1 aliphatic rings. The van der Waals surface area contributed by atoms with E-state index in [1.54, 1.807) is 36.1 Å². The van der Waals surface area contributed by atoms with Gasteiger partial charge < -0.3 is 15.0 Å². The van der Waals surface area contributed by atoms with Crippen LogP contribution in [0.15, 0.2) is 24.3 Å². The molecule has 1 aromatic carbocycles. The van der Waals surface area contributed by atoms with Crippen molar-refractivity contribution in [2.24, 2.45) is 0 Å². The zero-order valence-corrected chi connectivity index (χ0v) is 11.9. The number of nitriles is 1. The summed E-state index contributed by atoms with van der Waals surface area (Å²) in [4.78, 5) is 13.9. The molecule has 0 bridgehead atoms. The Morgan fingerprint density at radius 3 is 3.15 bits per heavy atom. The Kier molecular flexibility index (Phi) is 4.83. The highest BCUT2D eigenvalue weighted by Crippen LogP contribution is 2.19. The van der Waals surface area contributed by atoms with Crippen LogP contribution in [-0.2, 0) is 4.79 Å². The Morgan fingerprint density at radius 2 is 2.45 bits per heavy atom. The standard InChI is InChI=1S/C14H16ClN3O2/c1-10(20-13-4-2-3-11(15)7-13)14(19)18-6-5-17-9-12(18)8-16/h2-4,7,10,12,17H,5-6,9H2,1H3. The summed E-state index contributed by atoms with van der Waals surface area (Å²) in [5.74, 6) is 0.361. The van der Waals surface area contributed by atoms with Crippen LogP contribution in [0.4, 0.5) is 0 Å². The number of ether oxygens (including phenoxy) is 1. The van der Waals surface area contributed by atoms with Crippen molar-refractivity contribution in [1.29, 1.82) is 5.26 Å². The molecule has 20 heavy (non-hydrogen) atoms. The molecule has 0 saturated carbocycles. The van der Waals surface area contributed by atoms with E-state index in [9.17, 15) is 4.79 Å². The normalized spacial score (nSPS) is 20.1. The smallest absolute Gasteiger partial charge is 0.264 e. The summed E-state index contributed by atoms with van der Waals surface area (Å²) in [6.45, 7) is 3.37. The third-order valence-electron chi connectivity index (χ3n) is 3.13. The van der Waals surface area contributed by atoms with E-state index < -0.39 is 12.1 Å². The van der Waals surface area contributed by atoms with E-state index in [0.717, 1.165) is 0 Å². The molecule has 0 aromatic heterocycles. The van der Waals surface area contributed by atoms with E-state index in [1.165, 1.54) is 0 Å². The summed E-state index contributed by atoms with van der Waals surface area (Å²) in [6.07, 6.45) is -0.651. The van der Waals surface area contributed by atoms with Gasteiger partial charge in [-0.2, -0.15) is 5.26 Å². The summed E-state index contributed by atoms with van der Waals surface area (Å²) >= 11 is 5.88. The van der Waals surface area contributed by atoms with Gasteiger partial charge in [0.1, 0.15) is 11.8 Å². The van der Waals surface area contributed by atoms with Gasteiger partial charge in [0.05, 0.1) is 6.07 Å². The minimum atomic E-state index is -0.651. The quantitative estimate of drug-likeness (QED) is 0.916. The van der Waals surface area contributed by atoms with Gasteiger partial charge in [0.25, 0.3) is 5.91 Å². The topological polar surface area (TPSA) is 65.4 Å². The van der Waals surface area contributed by atoms with Crippen molar-refractivity contribution in [2.75, 3.05) is 19.6 Å². The van der Waals surface area contributed by atoms with E-state index in [4.69, 9.17) is 21.6 Å². The summed E-state index contributed by atoms with van der Waals surface area (Å²) in [5.41, 5.74) is 0. The van der Waals surface area contributed by atoms with Crippen LogP contribution in [0.2, 0.25) is 5.02 Å². The van der Waals surface area contributed by atoms with Crippen LogP contribution >= 0.6 is 11.6 Å². The Balaban J connectivity index is 2.03. The lowest BCUT2D eigenvalue weighted by Gasteiger charge is -2.33. The van der Waals surface area contributed by atoms with Gasteiger partial charge in [-0.25, -0.2) is 0 Å². The van der Waals surface area contributed by atoms with Gasteiger partial charge in [-0.3, -0.25) is 4.79 Å². The zero-order chi connectivity index (χ0) is 14.5. The summed E-state index contributed by atoms with van der Waals surface area (Å²) in [7, 11) is 0. The highest BCUT2D eigenvalue weighted by Gasteiger charge is 2.30. The van der Waals surface area contributed by atoms with Gasteiger partial charge in [-0.05, 0) is 25.1 Å². The lowest BCUT2D eigenvalue weighted by Crippen LogP contribution is -2.55. The second kappa shape index (κ2) is 6.60. The van der Waals surface area contributed by atoms with Gasteiger partial charge in [-0.1, -0.05) is 17.7 Å².